The van der Waals surface area contributed by atoms with Crippen LogP contribution in [0.3, 0.4) is 0 Å². The summed E-state index contributed by atoms with van der Waals surface area (Å²) in [5, 5.41) is 18.1. The van der Waals surface area contributed by atoms with Crippen molar-refractivity contribution in [1.29, 1.82) is 5.26 Å². The molecule has 3 aromatic rings. The highest BCUT2D eigenvalue weighted by atomic mass is 19.1. The van der Waals surface area contributed by atoms with Gasteiger partial charge in [0.15, 0.2) is 5.92 Å². The molecule has 0 saturated heterocycles. The maximum Gasteiger partial charge on any atom is 0.249 e. The molecule has 2 aromatic carbocycles. The van der Waals surface area contributed by atoms with Gasteiger partial charge in [0.2, 0.25) is 11.7 Å². The Morgan fingerprint density at radius 2 is 1.88 bits per heavy atom. The van der Waals surface area contributed by atoms with Crippen molar-refractivity contribution in [2.45, 2.75) is 6.42 Å². The van der Waals surface area contributed by atoms with Gasteiger partial charge in [0.25, 0.3) is 0 Å². The van der Waals surface area contributed by atoms with Gasteiger partial charge in [0.05, 0.1) is 17.1 Å². The van der Waals surface area contributed by atoms with Crippen LogP contribution in [0, 0.1) is 23.1 Å². The third kappa shape index (κ3) is 3.58. The smallest absolute Gasteiger partial charge is 0.249 e. The van der Waals surface area contributed by atoms with E-state index in [1.165, 1.54) is 24.3 Å². The number of amides is 1. The van der Waals surface area contributed by atoms with Crippen LogP contribution in [-0.2, 0) is 4.79 Å². The van der Waals surface area contributed by atoms with Crippen LogP contribution in [0.15, 0.2) is 78.4 Å². The summed E-state index contributed by atoms with van der Waals surface area (Å²) in [6.07, 6.45) is 8.49. The topological polar surface area (TPSA) is 87.8 Å². The molecule has 1 N–H and O–H groups in total. The first-order chi connectivity index (χ1) is 16.1. The van der Waals surface area contributed by atoms with Crippen molar-refractivity contribution in [3.05, 3.63) is 100 Å². The summed E-state index contributed by atoms with van der Waals surface area (Å²) in [6, 6.07) is 16.3. The molecule has 6 nitrogen and oxygen atoms in total. The van der Waals surface area contributed by atoms with Gasteiger partial charge >= 0.3 is 0 Å². The summed E-state index contributed by atoms with van der Waals surface area (Å²) in [5.74, 6) is -3.53. The zero-order chi connectivity index (χ0) is 22.9. The molecule has 1 amide bonds. The lowest BCUT2D eigenvalue weighted by Gasteiger charge is -2.10. The summed E-state index contributed by atoms with van der Waals surface area (Å²) < 4.78 is 14.8. The van der Waals surface area contributed by atoms with E-state index < -0.39 is 23.4 Å². The molecule has 5 rings (SSSR count). The Labute approximate surface area is 188 Å². The summed E-state index contributed by atoms with van der Waals surface area (Å²) >= 11 is 0. The second kappa shape index (κ2) is 8.17. The number of nitrogens with zero attached hydrogens (tertiary/aromatic N) is 3. The second-order valence-electron chi connectivity index (χ2n) is 7.66. The fraction of sp³-hybridized carbons (Fsp3) is 0.0769. The van der Waals surface area contributed by atoms with E-state index in [1.54, 1.807) is 4.68 Å². The molecule has 1 unspecified atom stereocenters. The largest absolute Gasteiger partial charge is 0.325 e. The summed E-state index contributed by atoms with van der Waals surface area (Å²) in [6.45, 7) is 0. The predicted molar refractivity (Wildman–Crippen MR) is 121 cm³/mol. The maximum absolute atomic E-state index is 13.5. The molecule has 0 aliphatic heterocycles. The molecule has 0 radical (unpaired) electrons. The zero-order valence-electron chi connectivity index (χ0n) is 17.3. The second-order valence-corrected chi connectivity index (χ2v) is 7.66. The van der Waals surface area contributed by atoms with E-state index in [9.17, 15) is 19.2 Å². The first kappa shape index (κ1) is 20.3. The average Bonchev–Trinajstić information content (AvgIpc) is 3.39. The fourth-order valence-electron chi connectivity index (χ4n) is 4.03. The Morgan fingerprint density at radius 3 is 2.61 bits per heavy atom. The van der Waals surface area contributed by atoms with Gasteiger partial charge in [-0.1, -0.05) is 36.4 Å². The number of nitrogens with one attached hydrogen (secondary N) is 1. The van der Waals surface area contributed by atoms with E-state index in [1.807, 2.05) is 60.7 Å². The number of ketones is 1. The van der Waals surface area contributed by atoms with Gasteiger partial charge in [-0.05, 0) is 60.0 Å². The lowest BCUT2D eigenvalue weighted by molar-refractivity contribution is -0.117. The summed E-state index contributed by atoms with van der Waals surface area (Å²) in [5.41, 5.74) is 3.06. The van der Waals surface area contributed by atoms with Crippen molar-refractivity contribution in [1.82, 2.24) is 9.78 Å². The molecular weight excluding hydrogens is 419 g/mol. The maximum atomic E-state index is 13.5. The summed E-state index contributed by atoms with van der Waals surface area (Å²) in [7, 11) is 0. The molecule has 1 atom stereocenters. The van der Waals surface area contributed by atoms with Crippen LogP contribution in [0.4, 0.5) is 10.1 Å². The number of para-hydroxylation sites is 1. The number of rotatable bonds is 5. The SMILES string of the molecule is N#CC(C(=O)Nc1ccc(F)cc1)C(=O)c1nn(-c2ccccc2)c2c1=C1CC=CC=C1C=2. The number of aromatic nitrogens is 2. The van der Waals surface area contributed by atoms with Crippen LogP contribution in [0.2, 0.25) is 0 Å². The number of carbonyl (C=O) groups is 2. The van der Waals surface area contributed by atoms with E-state index in [-0.39, 0.29) is 5.69 Å². The van der Waals surface area contributed by atoms with Gasteiger partial charge in [0.1, 0.15) is 11.5 Å². The van der Waals surface area contributed by atoms with Crippen molar-refractivity contribution in [3.63, 3.8) is 0 Å². The highest BCUT2D eigenvalue weighted by Gasteiger charge is 2.33. The number of nitriles is 1. The molecule has 7 heteroatoms. The van der Waals surface area contributed by atoms with Crippen molar-refractivity contribution >= 4 is 29.0 Å². The number of Topliss-reactive ketones (excluding diaryl/α,β-unsaturated/α-hetero) is 1. The summed E-state index contributed by atoms with van der Waals surface area (Å²) in [4.78, 5) is 26.2. The minimum absolute atomic E-state index is 0.0830. The highest BCUT2D eigenvalue weighted by Crippen LogP contribution is 2.24. The normalized spacial score (nSPS) is 14.4. The van der Waals surface area contributed by atoms with Gasteiger partial charge in [-0.3, -0.25) is 9.59 Å². The van der Waals surface area contributed by atoms with Crippen molar-refractivity contribution in [3.8, 4) is 11.8 Å². The minimum Gasteiger partial charge on any atom is -0.325 e. The Balaban J connectivity index is 1.59. The number of benzene rings is 2. The minimum atomic E-state index is -1.61. The molecule has 0 spiro atoms. The Morgan fingerprint density at radius 1 is 1.12 bits per heavy atom. The molecule has 33 heavy (non-hydrogen) atoms. The molecular formula is C26H17FN4O2. The van der Waals surface area contributed by atoms with E-state index in [0.29, 0.717) is 17.3 Å². The van der Waals surface area contributed by atoms with Crippen LogP contribution < -0.4 is 15.9 Å². The third-order valence-corrected chi connectivity index (χ3v) is 5.60. The van der Waals surface area contributed by atoms with E-state index in [0.717, 1.165) is 22.2 Å². The highest BCUT2D eigenvalue weighted by molar-refractivity contribution is 6.15. The van der Waals surface area contributed by atoms with E-state index >= 15 is 0 Å². The Kier molecular flexibility index (Phi) is 5.04. The van der Waals surface area contributed by atoms with Crippen molar-refractivity contribution < 1.29 is 14.0 Å². The predicted octanol–water partition coefficient (Wildman–Crippen LogP) is 2.80. The molecule has 1 heterocycles. The first-order valence-electron chi connectivity index (χ1n) is 10.3. The standard InChI is InChI=1S/C26H17FN4O2/c27-17-10-12-18(13-11-17)29-26(33)21(15-28)25(32)24-23-20-9-5-4-6-16(20)14-22(23)31(30-24)19-7-2-1-3-8-19/h1-8,10-14,21H,9H2,(H,29,33). The number of halogens is 1. The van der Waals surface area contributed by atoms with Crippen LogP contribution in [0.1, 0.15) is 16.9 Å². The quantitative estimate of drug-likeness (QED) is 0.492. The number of fused-ring (bicyclic) bond motifs is 2. The monoisotopic (exact) mass is 436 g/mol. The van der Waals surface area contributed by atoms with Gasteiger partial charge in [0, 0.05) is 10.9 Å². The molecule has 1 aromatic heterocycles. The number of anilines is 1. The fourth-order valence-corrected chi connectivity index (χ4v) is 4.03. The van der Waals surface area contributed by atoms with Gasteiger partial charge in [-0.15, -0.1) is 0 Å². The van der Waals surface area contributed by atoms with Gasteiger partial charge in [-0.25, -0.2) is 9.07 Å². The third-order valence-electron chi connectivity index (χ3n) is 5.60. The van der Waals surface area contributed by atoms with Crippen LogP contribution in [0.5, 0.6) is 0 Å². The number of hydrogen-bond acceptors (Lipinski definition) is 4. The molecule has 2 aliphatic rings. The van der Waals surface area contributed by atoms with Crippen molar-refractivity contribution in [2.75, 3.05) is 5.32 Å². The van der Waals surface area contributed by atoms with Crippen LogP contribution in [-0.4, -0.2) is 21.5 Å². The van der Waals surface area contributed by atoms with Gasteiger partial charge in [-0.2, -0.15) is 10.4 Å². The number of allylic oxidation sites excluding steroid dienone is 4. The van der Waals surface area contributed by atoms with Crippen molar-refractivity contribution in [2.24, 2.45) is 5.92 Å². The number of carbonyl (C=O) groups excluding carboxylic acids is 2. The average molecular weight is 436 g/mol. The Bertz CT molecular complexity index is 1510. The zero-order valence-corrected chi connectivity index (χ0v) is 17.3. The number of hydrogen-bond donors (Lipinski definition) is 1. The Hall–Kier alpha value is -4.57. The van der Waals surface area contributed by atoms with Gasteiger partial charge < -0.3 is 5.32 Å². The lowest BCUT2D eigenvalue weighted by Crippen LogP contribution is -2.34. The molecule has 0 saturated carbocycles. The lowest BCUT2D eigenvalue weighted by atomic mass is 9.96. The van der Waals surface area contributed by atoms with E-state index in [2.05, 4.69) is 10.4 Å². The molecule has 160 valence electrons. The van der Waals surface area contributed by atoms with Crippen LogP contribution >= 0.6 is 0 Å². The molecule has 2 aliphatic carbocycles. The van der Waals surface area contributed by atoms with E-state index in [4.69, 9.17) is 0 Å². The van der Waals surface area contributed by atoms with Crippen LogP contribution in [0.25, 0.3) is 17.3 Å². The first-order valence-corrected chi connectivity index (χ1v) is 10.3. The molecule has 0 fully saturated rings. The molecule has 0 bridgehead atoms.